The van der Waals surface area contributed by atoms with Crippen molar-refractivity contribution >= 4 is 28.4 Å². The van der Waals surface area contributed by atoms with Crippen molar-refractivity contribution in [1.82, 2.24) is 9.47 Å². The van der Waals surface area contributed by atoms with Gasteiger partial charge in [-0.2, -0.15) is 0 Å². The van der Waals surface area contributed by atoms with Crippen LogP contribution in [0.3, 0.4) is 0 Å². The lowest BCUT2D eigenvalue weighted by molar-refractivity contribution is -0.131. The molecule has 5 heteroatoms. The van der Waals surface area contributed by atoms with Crippen molar-refractivity contribution in [2.75, 3.05) is 18.4 Å². The lowest BCUT2D eigenvalue weighted by Gasteiger charge is -2.19. The monoisotopic (exact) mass is 301 g/mol. The normalized spacial score (nSPS) is 10.7. The first-order valence-electron chi connectivity index (χ1n) is 7.75. The average Bonchev–Trinajstić information content (AvgIpc) is 2.90. The van der Waals surface area contributed by atoms with E-state index >= 15 is 0 Å². The number of likely N-dealkylation sites (N-methyl/N-ethyl adjacent to an activating group) is 1. The van der Waals surface area contributed by atoms with Crippen LogP contribution in [0.15, 0.2) is 30.5 Å². The van der Waals surface area contributed by atoms with Crippen molar-refractivity contribution in [3.8, 4) is 0 Å². The van der Waals surface area contributed by atoms with Crippen LogP contribution in [0.2, 0.25) is 0 Å². The molecule has 0 aliphatic rings. The number of fused-ring (bicyclic) bond motifs is 1. The summed E-state index contributed by atoms with van der Waals surface area (Å²) in [6, 6.07) is 7.71. The van der Waals surface area contributed by atoms with Crippen molar-refractivity contribution < 1.29 is 9.59 Å². The first-order valence-corrected chi connectivity index (χ1v) is 7.75. The highest BCUT2D eigenvalue weighted by atomic mass is 16.2. The predicted octanol–water partition coefficient (Wildman–Crippen LogP) is 2.86. The Labute approximate surface area is 130 Å². The lowest BCUT2D eigenvalue weighted by Crippen LogP contribution is -2.33. The summed E-state index contributed by atoms with van der Waals surface area (Å²) in [5.74, 6) is 0.112. The fourth-order valence-corrected chi connectivity index (χ4v) is 2.49. The highest BCUT2D eigenvalue weighted by Crippen LogP contribution is 2.21. The Kier molecular flexibility index (Phi) is 5.20. The smallest absolute Gasteiger partial charge is 0.242 e. The van der Waals surface area contributed by atoms with Gasteiger partial charge in [-0.1, -0.05) is 6.92 Å². The summed E-state index contributed by atoms with van der Waals surface area (Å²) in [5, 5.41) is 3.86. The van der Waals surface area contributed by atoms with Crippen LogP contribution >= 0.6 is 0 Å². The first kappa shape index (κ1) is 16.1. The predicted molar refractivity (Wildman–Crippen MR) is 88.8 cm³/mol. The average molecular weight is 301 g/mol. The SMILES string of the molecule is CCC(=O)Nc1ccc2c(ccn2CC(=O)N(CC)CC)c1. The van der Waals surface area contributed by atoms with E-state index in [4.69, 9.17) is 0 Å². The van der Waals surface area contributed by atoms with Gasteiger partial charge < -0.3 is 14.8 Å². The standard InChI is InChI=1S/C17H23N3O2/c1-4-16(21)18-14-7-8-15-13(11-14)9-10-20(15)12-17(22)19(5-2)6-3/h7-11H,4-6,12H2,1-3H3,(H,18,21). The molecule has 0 atom stereocenters. The molecule has 0 aliphatic heterocycles. The highest BCUT2D eigenvalue weighted by molar-refractivity contribution is 5.94. The number of carbonyl (C=O) groups excluding carboxylic acids is 2. The Morgan fingerprint density at radius 2 is 1.86 bits per heavy atom. The van der Waals surface area contributed by atoms with Crippen molar-refractivity contribution in [2.24, 2.45) is 0 Å². The molecule has 1 N–H and O–H groups in total. The largest absolute Gasteiger partial charge is 0.342 e. The molecule has 0 spiro atoms. The molecule has 0 saturated carbocycles. The molecule has 2 aromatic rings. The van der Waals surface area contributed by atoms with Crippen LogP contribution in [0.25, 0.3) is 10.9 Å². The van der Waals surface area contributed by atoms with Gasteiger partial charge in [0.15, 0.2) is 0 Å². The minimum absolute atomic E-state index is 0.00417. The second-order valence-corrected chi connectivity index (χ2v) is 5.18. The zero-order chi connectivity index (χ0) is 16.1. The van der Waals surface area contributed by atoms with Crippen molar-refractivity contribution in [3.63, 3.8) is 0 Å². The molecule has 2 rings (SSSR count). The maximum absolute atomic E-state index is 12.2. The summed E-state index contributed by atoms with van der Waals surface area (Å²) in [6.07, 6.45) is 2.37. The third-order valence-electron chi connectivity index (χ3n) is 3.80. The summed E-state index contributed by atoms with van der Waals surface area (Å²) >= 11 is 0. The Morgan fingerprint density at radius 3 is 2.50 bits per heavy atom. The third kappa shape index (κ3) is 3.47. The fourth-order valence-electron chi connectivity index (χ4n) is 2.49. The molecule has 1 aromatic carbocycles. The molecular formula is C17H23N3O2. The lowest BCUT2D eigenvalue weighted by atomic mass is 10.2. The van der Waals surface area contributed by atoms with Gasteiger partial charge in [-0.05, 0) is 38.1 Å². The zero-order valence-electron chi connectivity index (χ0n) is 13.4. The van der Waals surface area contributed by atoms with Gasteiger partial charge in [0.05, 0.1) is 0 Å². The van der Waals surface area contributed by atoms with Gasteiger partial charge >= 0.3 is 0 Å². The van der Waals surface area contributed by atoms with E-state index in [2.05, 4.69) is 5.32 Å². The molecular weight excluding hydrogens is 278 g/mol. The minimum atomic E-state index is -0.00417. The Morgan fingerprint density at radius 1 is 1.14 bits per heavy atom. The van der Waals surface area contributed by atoms with E-state index in [1.807, 2.05) is 60.7 Å². The molecule has 1 heterocycles. The van der Waals surface area contributed by atoms with Gasteiger partial charge in [-0.25, -0.2) is 0 Å². The molecule has 0 radical (unpaired) electrons. The molecule has 1 aromatic heterocycles. The second kappa shape index (κ2) is 7.11. The number of amides is 2. The number of aromatic nitrogens is 1. The number of benzene rings is 1. The number of hydrogen-bond acceptors (Lipinski definition) is 2. The Bertz CT molecular complexity index is 672. The fraction of sp³-hybridized carbons (Fsp3) is 0.412. The summed E-state index contributed by atoms with van der Waals surface area (Å²) in [7, 11) is 0. The van der Waals surface area contributed by atoms with E-state index in [-0.39, 0.29) is 11.8 Å². The number of nitrogens with one attached hydrogen (secondary N) is 1. The van der Waals surface area contributed by atoms with Crippen LogP contribution in [-0.2, 0) is 16.1 Å². The maximum atomic E-state index is 12.2. The van der Waals surface area contributed by atoms with Gasteiger partial charge in [0.25, 0.3) is 0 Å². The highest BCUT2D eigenvalue weighted by Gasteiger charge is 2.12. The van der Waals surface area contributed by atoms with E-state index < -0.39 is 0 Å². The number of anilines is 1. The zero-order valence-corrected chi connectivity index (χ0v) is 13.4. The number of carbonyl (C=O) groups is 2. The molecule has 5 nitrogen and oxygen atoms in total. The van der Waals surface area contributed by atoms with Gasteiger partial charge in [-0.3, -0.25) is 9.59 Å². The number of rotatable bonds is 6. The van der Waals surface area contributed by atoms with Gasteiger partial charge in [0.2, 0.25) is 11.8 Å². The third-order valence-corrected chi connectivity index (χ3v) is 3.80. The molecule has 0 unspecified atom stereocenters. The summed E-state index contributed by atoms with van der Waals surface area (Å²) < 4.78 is 1.95. The molecule has 0 saturated heterocycles. The van der Waals surface area contributed by atoms with Crippen molar-refractivity contribution in [3.05, 3.63) is 30.5 Å². The maximum Gasteiger partial charge on any atom is 0.242 e. The number of nitrogens with zero attached hydrogens (tertiary/aromatic N) is 2. The van der Waals surface area contributed by atoms with Crippen LogP contribution in [-0.4, -0.2) is 34.4 Å². The topological polar surface area (TPSA) is 54.3 Å². The van der Waals surface area contributed by atoms with E-state index in [1.54, 1.807) is 0 Å². The van der Waals surface area contributed by atoms with E-state index in [0.717, 1.165) is 29.7 Å². The quantitative estimate of drug-likeness (QED) is 0.892. The molecule has 2 amide bonds. The second-order valence-electron chi connectivity index (χ2n) is 5.18. The molecule has 0 aliphatic carbocycles. The van der Waals surface area contributed by atoms with Crippen molar-refractivity contribution in [2.45, 2.75) is 33.7 Å². The minimum Gasteiger partial charge on any atom is -0.342 e. The van der Waals surface area contributed by atoms with Crippen LogP contribution in [0, 0.1) is 0 Å². The Balaban J connectivity index is 2.19. The van der Waals surface area contributed by atoms with Crippen molar-refractivity contribution in [1.29, 1.82) is 0 Å². The summed E-state index contributed by atoms with van der Waals surface area (Å²) in [6.45, 7) is 7.58. The van der Waals surface area contributed by atoms with Crippen LogP contribution in [0.4, 0.5) is 5.69 Å². The van der Waals surface area contributed by atoms with E-state index in [0.29, 0.717) is 13.0 Å². The summed E-state index contributed by atoms with van der Waals surface area (Å²) in [4.78, 5) is 25.5. The first-order chi connectivity index (χ1) is 10.6. The Hall–Kier alpha value is -2.30. The van der Waals surface area contributed by atoms with Crippen LogP contribution in [0.5, 0.6) is 0 Å². The number of hydrogen-bond donors (Lipinski definition) is 1. The van der Waals surface area contributed by atoms with E-state index in [1.165, 1.54) is 0 Å². The summed E-state index contributed by atoms with van der Waals surface area (Å²) in [5.41, 5.74) is 1.78. The van der Waals surface area contributed by atoms with Gasteiger partial charge in [-0.15, -0.1) is 0 Å². The molecule has 0 fully saturated rings. The molecule has 22 heavy (non-hydrogen) atoms. The van der Waals surface area contributed by atoms with Gasteiger partial charge in [0, 0.05) is 42.3 Å². The molecule has 118 valence electrons. The van der Waals surface area contributed by atoms with Crippen LogP contribution < -0.4 is 5.32 Å². The van der Waals surface area contributed by atoms with Crippen LogP contribution in [0.1, 0.15) is 27.2 Å². The van der Waals surface area contributed by atoms with E-state index in [9.17, 15) is 9.59 Å². The van der Waals surface area contributed by atoms with Gasteiger partial charge in [0.1, 0.15) is 6.54 Å². The molecule has 0 bridgehead atoms.